The Morgan fingerprint density at radius 1 is 0.233 bits per heavy atom. The molecule has 0 spiro atoms. The van der Waals surface area contributed by atoms with E-state index in [0.29, 0.717) is 84.8 Å². The van der Waals surface area contributed by atoms with Crippen molar-refractivity contribution in [3.63, 3.8) is 0 Å². The fourth-order valence-corrected chi connectivity index (χ4v) is 19.0. The van der Waals surface area contributed by atoms with Crippen LogP contribution in [0.2, 0.25) is 0 Å². The molecule has 6 aliphatic heterocycles. The second-order valence-electron chi connectivity index (χ2n) is 27.9. The number of hydrogen-bond acceptors (Lipinski definition) is 10. The molecule has 8 bridgehead atoms. The summed E-state index contributed by atoms with van der Waals surface area (Å²) in [5, 5.41) is 0. The van der Waals surface area contributed by atoms with Crippen LogP contribution < -0.4 is 49.0 Å². The van der Waals surface area contributed by atoms with Crippen molar-refractivity contribution < 1.29 is 51.7 Å². The molecular weight excluding hydrogens is 1470 g/mol. The van der Waals surface area contributed by atoms with Gasteiger partial charge in [-0.05, 0) is 0 Å². The van der Waals surface area contributed by atoms with Gasteiger partial charge in [-0.15, -0.1) is 0 Å². The minimum absolute atomic E-state index is 0.338. The van der Waals surface area contributed by atoms with Crippen molar-refractivity contribution in [3.05, 3.63) is 216 Å². The number of benzene rings is 9. The Balaban J connectivity index is 0.950. The molecule has 6 aliphatic rings. The van der Waals surface area contributed by atoms with Crippen LogP contribution in [-0.2, 0) is 56.9 Å². The Bertz CT molecular complexity index is 4510. The van der Waals surface area contributed by atoms with E-state index in [1.807, 2.05) is 141 Å². The zero-order valence-corrected chi connectivity index (χ0v) is 57.1. The fraction of sp³-hybridized carbons (Fsp3) is 0.256. The molecule has 0 saturated carbocycles. The predicted molar refractivity (Wildman–Crippen MR) is 379 cm³/mol. The molecule has 0 fully saturated rings. The Morgan fingerprint density at radius 3 is 0.644 bits per heavy atom. The first-order chi connectivity index (χ1) is 47.6. The van der Waals surface area contributed by atoms with E-state index in [4.69, 9.17) is 0 Å². The van der Waals surface area contributed by atoms with Gasteiger partial charge < -0.3 is 0 Å². The molecule has 0 unspecified atom stereocenters. The second-order valence-corrected chi connectivity index (χ2v) is 33.1. The first kappa shape index (κ1) is 46.0. The van der Waals surface area contributed by atoms with Crippen LogP contribution in [0.4, 0.5) is 102 Å². The molecule has 0 amide bonds. The first-order valence-corrected chi connectivity index (χ1v) is 34.9. The summed E-state index contributed by atoms with van der Waals surface area (Å²) in [6, 6.07) is 64.9. The van der Waals surface area contributed by atoms with E-state index < -0.39 is 63.2 Å². The van der Waals surface area contributed by atoms with Crippen molar-refractivity contribution in [1.29, 1.82) is 0 Å². The molecular formula is C78H80N10Pt2. The van der Waals surface area contributed by atoms with Gasteiger partial charge in [0.25, 0.3) is 0 Å². The van der Waals surface area contributed by atoms with Crippen LogP contribution in [0.5, 0.6) is 0 Å². The molecule has 0 aliphatic carbocycles. The van der Waals surface area contributed by atoms with E-state index in [-0.39, 0.29) is 21.7 Å². The molecule has 0 atom stereocenters. The van der Waals surface area contributed by atoms with Crippen molar-refractivity contribution in [2.45, 2.75) is 105 Å². The summed E-state index contributed by atoms with van der Waals surface area (Å²) in [5.41, 5.74) is 14.5. The molecule has 9 aromatic carbocycles. The first-order valence-electron chi connectivity index (χ1n) is 36.4. The van der Waals surface area contributed by atoms with Gasteiger partial charge in [0.05, 0.1) is 0 Å². The van der Waals surface area contributed by atoms with Gasteiger partial charge in [-0.25, -0.2) is 0 Å². The van der Waals surface area contributed by atoms with Gasteiger partial charge in [-0.1, -0.05) is 0 Å². The van der Waals surface area contributed by atoms with Crippen molar-refractivity contribution >= 4 is 119 Å². The quantitative estimate of drug-likeness (QED) is 0.167. The van der Waals surface area contributed by atoms with Gasteiger partial charge in [-0.2, -0.15) is 0 Å². The zero-order valence-electron chi connectivity index (χ0n) is 64.6. The van der Waals surface area contributed by atoms with Crippen molar-refractivity contribution in [1.82, 2.24) is 0 Å². The molecule has 0 saturated heterocycles. The summed E-state index contributed by atoms with van der Waals surface area (Å²) in [7, 11) is 0. The molecule has 9 aromatic rings. The van der Waals surface area contributed by atoms with Gasteiger partial charge in [0.15, 0.2) is 0 Å². The molecule has 0 radical (unpaired) electrons. The van der Waals surface area contributed by atoms with Gasteiger partial charge in [0, 0.05) is 0 Å². The zero-order chi connectivity index (χ0) is 72.8. The number of fused-ring (bicyclic) bond motifs is 24. The van der Waals surface area contributed by atoms with Crippen molar-refractivity contribution in [2.75, 3.05) is 76.9 Å². The summed E-state index contributed by atoms with van der Waals surface area (Å²) in [4.78, 5) is 18.4. The number of nitrogens with zero attached hydrogens (tertiary/aromatic N) is 10. The SMILES string of the molecule is [2H]C([2H])([2H])N1[C]2=[Pt]=[C]3N(c4cccc(c4)N(c4ccc(N5c6cccc(c6)N6[C](=[Pt]=[C]7N(c8cccc5c8)c5ccc(C(C)(C)C)cc5N7C([2H])([2H])[2H])N(C([2H])([2H])[2H])c5cc(C(C)(C)C)ccc56)cc4)c4cccc(c4)N2c2ccc(C(C)(C)C)cc21)c1ccc(C(C)(C)C)cc1N3C([2H])([2H])[2H]. The Labute approximate surface area is 565 Å². The summed E-state index contributed by atoms with van der Waals surface area (Å²) in [6.07, 6.45) is 0. The van der Waals surface area contributed by atoms with E-state index in [1.165, 1.54) is 19.6 Å². The monoisotopic (exact) mass is 1560 g/mol. The normalized spacial score (nSPS) is 18.8. The van der Waals surface area contributed by atoms with Crippen molar-refractivity contribution in [2.24, 2.45) is 0 Å². The standard InChI is InChI=1S/C78H80N10.2Pt/c1-75(2,3)53-29-37-67-71(41-53)79(13)49-83(67)59-21-17-25-63(45-59)87(64-26-18-22-60(46-64)84-50-80(14)72-42-54(76(4,5)6)30-38-68(72)84)57-33-35-58(36-34-57)88(65-27-19-23-61(47-65)85-51-81(15)73-43-55(77(7,8)9)31-39-69(73)85)66-28-20-24-62(48-66)86-52-82(16)74-44-56(78(10,11)12)32-40-70(74)86;;/h17-48H,1-16H3;;/i13D3,14D3,15D3,16D3;;. The molecule has 462 valence electrons. The van der Waals surface area contributed by atoms with Crippen LogP contribution in [-0.4, -0.2) is 44.5 Å². The minimum atomic E-state index is -2.69. The van der Waals surface area contributed by atoms with E-state index in [9.17, 15) is 16.4 Å². The van der Waals surface area contributed by atoms with Crippen LogP contribution >= 0.6 is 0 Å². The topological polar surface area (TPSA) is 32.4 Å². The Morgan fingerprint density at radius 2 is 0.444 bits per heavy atom. The second kappa shape index (κ2) is 20.7. The molecule has 0 N–H and O–H groups in total. The summed E-state index contributed by atoms with van der Waals surface area (Å²) < 4.78 is 115. The van der Waals surface area contributed by atoms with Gasteiger partial charge in [0.1, 0.15) is 0 Å². The fourth-order valence-electron chi connectivity index (χ4n) is 12.7. The number of anilines is 18. The van der Waals surface area contributed by atoms with Gasteiger partial charge >= 0.3 is 569 Å². The number of rotatable bonds is 2. The molecule has 90 heavy (non-hydrogen) atoms. The third-order valence-corrected chi connectivity index (χ3v) is 23.8. The summed E-state index contributed by atoms with van der Waals surface area (Å²) in [6.45, 7) is 14.5. The Hall–Kier alpha value is -8.16. The maximum absolute atomic E-state index is 9.40. The predicted octanol–water partition coefficient (Wildman–Crippen LogP) is 18.7. The van der Waals surface area contributed by atoms with Crippen LogP contribution in [0.3, 0.4) is 0 Å². The molecule has 0 aromatic heterocycles. The number of hydrogen-bond donors (Lipinski definition) is 0. The summed E-state index contributed by atoms with van der Waals surface area (Å²) in [5.74, 6) is 0. The van der Waals surface area contributed by atoms with E-state index >= 15 is 0 Å². The molecule has 6 heterocycles. The molecule has 10 nitrogen and oxygen atoms in total. The van der Waals surface area contributed by atoms with Crippen molar-refractivity contribution in [3.8, 4) is 0 Å². The van der Waals surface area contributed by atoms with Crippen LogP contribution in [0.1, 0.15) is 122 Å². The molecule has 15 rings (SSSR count). The van der Waals surface area contributed by atoms with E-state index in [1.54, 1.807) is 0 Å². The van der Waals surface area contributed by atoms with Crippen LogP contribution in [0.15, 0.2) is 194 Å². The third kappa shape index (κ3) is 9.39. The summed E-state index contributed by atoms with van der Waals surface area (Å²) >= 11 is -3.46. The van der Waals surface area contributed by atoms with E-state index in [0.717, 1.165) is 56.4 Å². The average Bonchev–Trinajstić information content (AvgIpc) is 1.56. The Kier molecular flexibility index (Phi) is 10.6. The third-order valence-electron chi connectivity index (χ3n) is 17.7. The van der Waals surface area contributed by atoms with E-state index in [2.05, 4.69) is 166 Å². The van der Waals surface area contributed by atoms with Crippen LogP contribution in [0.25, 0.3) is 0 Å². The van der Waals surface area contributed by atoms with Gasteiger partial charge in [-0.3, -0.25) is 0 Å². The average molecular weight is 1560 g/mol. The van der Waals surface area contributed by atoms with Crippen LogP contribution in [0, 0.1) is 0 Å². The molecule has 12 heteroatoms. The van der Waals surface area contributed by atoms with Gasteiger partial charge in [0.2, 0.25) is 0 Å². The maximum atomic E-state index is 9.40.